The number of cyclic esters (lactones) is 1. The van der Waals surface area contributed by atoms with Crippen molar-refractivity contribution in [3.63, 3.8) is 0 Å². The van der Waals surface area contributed by atoms with E-state index in [1.807, 2.05) is 19.9 Å². The van der Waals surface area contributed by atoms with Gasteiger partial charge in [-0.2, -0.15) is 0 Å². The predicted molar refractivity (Wildman–Crippen MR) is 155 cm³/mol. The molecule has 0 aromatic carbocycles. The molecule has 0 fully saturated rings. The van der Waals surface area contributed by atoms with Gasteiger partial charge in [0.15, 0.2) is 0 Å². The van der Waals surface area contributed by atoms with Crippen LogP contribution in [0.1, 0.15) is 64.1 Å². The fraction of sp³-hybridized carbons (Fsp3) is 0.533. The zero-order valence-electron chi connectivity index (χ0n) is 23.7. The van der Waals surface area contributed by atoms with E-state index in [1.165, 1.54) is 30.4 Å². The monoisotopic (exact) mass is 577 g/mol. The molecule has 40 heavy (non-hydrogen) atoms. The van der Waals surface area contributed by atoms with Crippen LogP contribution in [-0.2, 0) is 9.53 Å². The van der Waals surface area contributed by atoms with E-state index in [-0.39, 0.29) is 25.0 Å². The van der Waals surface area contributed by atoms with Gasteiger partial charge in [0.05, 0.1) is 42.6 Å². The maximum Gasteiger partial charge on any atom is 0.334 e. The number of hydrogen-bond acceptors (Lipinski definition) is 10. The minimum atomic E-state index is -1.51. The summed E-state index contributed by atoms with van der Waals surface area (Å²) in [4.78, 5) is 17.4. The topological polar surface area (TPSA) is 161 Å². The van der Waals surface area contributed by atoms with Gasteiger partial charge in [-0.05, 0) is 39.3 Å². The molecule has 2 heterocycles. The van der Waals surface area contributed by atoms with Crippen molar-refractivity contribution in [3.8, 4) is 0 Å². The molecule has 2 bridgehead atoms. The number of aromatic nitrogens is 1. The van der Waals surface area contributed by atoms with Crippen LogP contribution in [0.5, 0.6) is 0 Å². The van der Waals surface area contributed by atoms with Gasteiger partial charge >= 0.3 is 5.97 Å². The third kappa shape index (κ3) is 9.59. The van der Waals surface area contributed by atoms with E-state index in [9.17, 15) is 35.4 Å². The van der Waals surface area contributed by atoms with E-state index in [0.29, 0.717) is 16.3 Å². The number of carbonyl (C=O) groups is 1. The molecule has 10 heteroatoms. The van der Waals surface area contributed by atoms with E-state index in [2.05, 4.69) is 4.98 Å². The summed E-state index contributed by atoms with van der Waals surface area (Å²) in [6, 6.07) is 0. The lowest BCUT2D eigenvalue weighted by Gasteiger charge is -2.32. The fourth-order valence-corrected chi connectivity index (χ4v) is 5.23. The molecule has 0 spiro atoms. The quantitative estimate of drug-likeness (QED) is 0.211. The highest BCUT2D eigenvalue weighted by Gasteiger charge is 2.35. The molecule has 2 rings (SSSR count). The minimum Gasteiger partial charge on any atom is -0.456 e. The lowest BCUT2D eigenvalue weighted by Crippen LogP contribution is -2.46. The number of allylic oxidation sites excluding steroid dienone is 5. The van der Waals surface area contributed by atoms with Crippen LogP contribution in [0.25, 0.3) is 6.08 Å². The van der Waals surface area contributed by atoms with E-state index in [1.54, 1.807) is 43.5 Å². The van der Waals surface area contributed by atoms with Gasteiger partial charge in [0.25, 0.3) is 0 Å². The molecule has 0 amide bonds. The van der Waals surface area contributed by atoms with Crippen LogP contribution < -0.4 is 0 Å². The molecule has 8 atom stereocenters. The molecule has 1 aliphatic rings. The zero-order valence-corrected chi connectivity index (χ0v) is 24.5. The Morgan fingerprint density at radius 3 is 2.58 bits per heavy atom. The molecule has 0 saturated carbocycles. The molecular formula is C30H43NO8S. The summed E-state index contributed by atoms with van der Waals surface area (Å²) in [7, 11) is 0. The Bertz CT molecular complexity index is 1120. The molecule has 1 aromatic rings. The summed E-state index contributed by atoms with van der Waals surface area (Å²) in [6.07, 6.45) is 4.33. The number of aliphatic hydroxyl groups is 6. The van der Waals surface area contributed by atoms with Gasteiger partial charge in [-0.15, -0.1) is 11.3 Å². The number of ether oxygens (including phenoxy) is 1. The summed E-state index contributed by atoms with van der Waals surface area (Å²) >= 11 is 1.21. The van der Waals surface area contributed by atoms with Crippen molar-refractivity contribution in [2.75, 3.05) is 6.61 Å². The van der Waals surface area contributed by atoms with Crippen LogP contribution in [0.15, 0.2) is 58.6 Å². The Morgan fingerprint density at radius 1 is 1.23 bits per heavy atom. The van der Waals surface area contributed by atoms with E-state index in [0.717, 1.165) is 5.57 Å². The molecule has 6 N–H and O–H groups in total. The van der Waals surface area contributed by atoms with Crippen LogP contribution >= 0.6 is 11.3 Å². The molecule has 1 aromatic heterocycles. The molecule has 0 radical (unpaired) electrons. The van der Waals surface area contributed by atoms with Gasteiger partial charge < -0.3 is 35.4 Å². The van der Waals surface area contributed by atoms with Gasteiger partial charge in [-0.25, -0.2) is 9.78 Å². The molecule has 0 aliphatic carbocycles. The third-order valence-electron chi connectivity index (χ3n) is 7.04. The normalized spacial score (nSPS) is 29.8. The Balaban J connectivity index is 2.35. The average Bonchev–Trinajstić information content (AvgIpc) is 3.37. The van der Waals surface area contributed by atoms with Gasteiger partial charge in [-0.3, -0.25) is 0 Å². The zero-order chi connectivity index (χ0) is 30.0. The molecule has 0 saturated heterocycles. The standard InChI is InChI=1S/C30H43NO8S/c1-6-17(2)12-18(3)26(35)20(5)27(36)28(37)25-11-9-7-8-10-22(33)14-24(34)23(15-32)29-31-21(16-40-29)13-19(4)30(38)39-25/h6-10,12-13,16,20,22-28,32-37H,11,14-15H2,1-5H3/b9-7-,10-8-,17-6+,18-12+,19-13-/t20-,22+,23-,24-,25+,26-,27+,28-/m0/s1. The van der Waals surface area contributed by atoms with Crippen LogP contribution in [0.2, 0.25) is 0 Å². The molecule has 1 aliphatic heterocycles. The molecule has 9 nitrogen and oxygen atoms in total. The van der Waals surface area contributed by atoms with Crippen molar-refractivity contribution in [2.45, 2.75) is 90.0 Å². The number of aliphatic hydroxyl groups excluding tert-OH is 6. The number of thiazole rings is 1. The van der Waals surface area contributed by atoms with Gasteiger partial charge in [0.2, 0.25) is 0 Å². The smallest absolute Gasteiger partial charge is 0.334 e. The van der Waals surface area contributed by atoms with Crippen LogP contribution in [0.3, 0.4) is 0 Å². The van der Waals surface area contributed by atoms with Crippen LogP contribution in [0, 0.1) is 5.92 Å². The van der Waals surface area contributed by atoms with Crippen molar-refractivity contribution in [2.24, 2.45) is 5.92 Å². The summed E-state index contributed by atoms with van der Waals surface area (Å²) < 4.78 is 5.62. The number of nitrogens with zero attached hydrogens (tertiary/aromatic N) is 1. The number of carbonyl (C=O) groups excluding carboxylic acids is 1. The van der Waals surface area contributed by atoms with Crippen LogP contribution in [-0.4, -0.2) is 84.8 Å². The van der Waals surface area contributed by atoms with Gasteiger partial charge in [0, 0.05) is 29.7 Å². The predicted octanol–water partition coefficient (Wildman–Crippen LogP) is 2.79. The largest absolute Gasteiger partial charge is 0.456 e. The number of esters is 1. The van der Waals surface area contributed by atoms with E-state index < -0.39 is 54.4 Å². The SMILES string of the molecule is C/C=C(C)/C=C(\C)[C@H](O)[C@H](C)[C@@H](O)[C@@H](O)[C@H]1C/C=C\C=C/[C@@H](O)C[C@H](O)[C@H](CO)c2nc(cs2)/C=C(/C)C(=O)O1. The lowest BCUT2D eigenvalue weighted by molar-refractivity contribution is -0.158. The first-order chi connectivity index (χ1) is 18.9. The van der Waals surface area contributed by atoms with Crippen molar-refractivity contribution in [3.05, 3.63) is 69.3 Å². The Hall–Kier alpha value is -2.44. The van der Waals surface area contributed by atoms with Crippen molar-refractivity contribution < 1.29 is 40.2 Å². The number of hydrogen-bond donors (Lipinski definition) is 6. The summed E-state index contributed by atoms with van der Waals surface area (Å²) in [6.45, 7) is 8.29. The number of fused-ring (bicyclic) bond motifs is 2. The lowest BCUT2D eigenvalue weighted by atomic mass is 9.87. The minimum absolute atomic E-state index is 0.0177. The summed E-state index contributed by atoms with van der Waals surface area (Å²) in [5.41, 5.74) is 2.19. The van der Waals surface area contributed by atoms with Crippen LogP contribution in [0.4, 0.5) is 0 Å². The first-order valence-corrected chi connectivity index (χ1v) is 14.3. The number of rotatable bonds is 7. The highest BCUT2D eigenvalue weighted by Crippen LogP contribution is 2.28. The molecular weight excluding hydrogens is 534 g/mol. The highest BCUT2D eigenvalue weighted by atomic mass is 32.1. The second-order valence-corrected chi connectivity index (χ2v) is 11.2. The van der Waals surface area contributed by atoms with Crippen molar-refractivity contribution >= 4 is 23.4 Å². The van der Waals surface area contributed by atoms with Gasteiger partial charge in [0.1, 0.15) is 17.2 Å². The van der Waals surface area contributed by atoms with Crippen molar-refractivity contribution in [1.29, 1.82) is 0 Å². The first-order valence-electron chi connectivity index (χ1n) is 13.4. The maximum absolute atomic E-state index is 13.0. The highest BCUT2D eigenvalue weighted by molar-refractivity contribution is 7.09. The van der Waals surface area contributed by atoms with E-state index in [4.69, 9.17) is 4.74 Å². The Labute approximate surface area is 240 Å². The van der Waals surface area contributed by atoms with Gasteiger partial charge in [-0.1, -0.05) is 49.0 Å². The second kappa shape index (κ2) is 16.1. The second-order valence-electron chi connectivity index (χ2n) is 10.3. The fourth-order valence-electron chi connectivity index (χ4n) is 4.30. The Morgan fingerprint density at radius 2 is 1.93 bits per heavy atom. The summed E-state index contributed by atoms with van der Waals surface area (Å²) in [5.74, 6) is -2.19. The molecule has 0 unspecified atom stereocenters. The Kier molecular flexibility index (Phi) is 13.6. The average molecular weight is 578 g/mol. The van der Waals surface area contributed by atoms with Crippen molar-refractivity contribution in [1.82, 2.24) is 4.98 Å². The third-order valence-corrected chi connectivity index (χ3v) is 8.03. The summed E-state index contributed by atoms with van der Waals surface area (Å²) in [5, 5.41) is 65.7. The molecule has 222 valence electrons. The first kappa shape index (κ1) is 33.8. The van der Waals surface area contributed by atoms with E-state index >= 15 is 0 Å². The maximum atomic E-state index is 13.0.